The fourth-order valence-corrected chi connectivity index (χ4v) is 1.85. The van der Waals surface area contributed by atoms with Crippen LogP contribution in [0.2, 0.25) is 0 Å². The van der Waals surface area contributed by atoms with Crippen molar-refractivity contribution < 1.29 is 29.0 Å². The van der Waals surface area contributed by atoms with E-state index < -0.39 is 29.1 Å². The first-order valence-electron chi connectivity index (χ1n) is 7.12. The van der Waals surface area contributed by atoms with Gasteiger partial charge >= 0.3 is 11.9 Å². The first-order chi connectivity index (χ1) is 10.3. The summed E-state index contributed by atoms with van der Waals surface area (Å²) in [4.78, 5) is 34.9. The number of rotatable bonds is 7. The van der Waals surface area contributed by atoms with Crippen LogP contribution >= 0.6 is 0 Å². The smallest absolute Gasteiger partial charge is 0.352 e. The van der Waals surface area contributed by atoms with Gasteiger partial charge in [0.15, 0.2) is 5.57 Å². The monoisotopic (exact) mass is 314 g/mol. The highest BCUT2D eigenvalue weighted by Gasteiger charge is 2.40. The van der Waals surface area contributed by atoms with Gasteiger partial charge in [0.1, 0.15) is 5.76 Å². The first-order valence-corrected chi connectivity index (χ1v) is 7.12. The minimum atomic E-state index is -1.35. The van der Waals surface area contributed by atoms with Crippen LogP contribution in [0.1, 0.15) is 39.5 Å². The summed E-state index contributed by atoms with van der Waals surface area (Å²) in [5, 5.41) is 12.5. The highest BCUT2D eigenvalue weighted by atomic mass is 16.7. The maximum Gasteiger partial charge on any atom is 0.352 e. The highest BCUT2D eigenvalue weighted by molar-refractivity contribution is 6.15. The van der Waals surface area contributed by atoms with E-state index in [0.717, 1.165) is 0 Å². The van der Waals surface area contributed by atoms with Gasteiger partial charge in [0, 0.05) is 33.2 Å². The molecule has 0 aromatic heterocycles. The van der Waals surface area contributed by atoms with Crippen molar-refractivity contribution in [3.05, 3.63) is 11.3 Å². The molecule has 0 aromatic carbocycles. The van der Waals surface area contributed by atoms with Crippen molar-refractivity contribution in [2.24, 2.45) is 5.73 Å². The van der Waals surface area contributed by atoms with E-state index in [9.17, 15) is 19.5 Å². The van der Waals surface area contributed by atoms with Crippen LogP contribution in [0, 0.1) is 0 Å². The van der Waals surface area contributed by atoms with Gasteiger partial charge in [0.05, 0.1) is 0 Å². The summed E-state index contributed by atoms with van der Waals surface area (Å²) in [6.07, 6.45) is 1.14. The Morgan fingerprint density at radius 1 is 1.18 bits per heavy atom. The third kappa shape index (κ3) is 5.36. The molecule has 0 radical (unpaired) electrons. The minimum Gasteiger partial charge on any atom is -0.511 e. The summed E-state index contributed by atoms with van der Waals surface area (Å²) in [5.41, 5.74) is 4.79. The molecule has 4 N–H and O–H groups in total. The maximum absolute atomic E-state index is 11.7. The van der Waals surface area contributed by atoms with Crippen molar-refractivity contribution in [3.63, 3.8) is 0 Å². The quantitative estimate of drug-likeness (QED) is 0.202. The molecule has 22 heavy (non-hydrogen) atoms. The van der Waals surface area contributed by atoms with Crippen LogP contribution in [0.3, 0.4) is 0 Å². The standard InChI is InChI=1S/C14H22N2O6/c1-14(2)21-12(19)11(13(20)22-14)9(17)5-3-6-10(18)16-8-4-7-15/h17H,3-8,15H2,1-2H3,(H,16,18). The Morgan fingerprint density at radius 3 is 2.32 bits per heavy atom. The molecule has 1 aliphatic rings. The molecule has 8 heteroatoms. The number of ether oxygens (including phenoxy) is 2. The second kappa shape index (κ2) is 7.79. The number of esters is 2. The summed E-state index contributed by atoms with van der Waals surface area (Å²) in [5.74, 6) is -3.81. The molecule has 1 saturated heterocycles. The Hall–Kier alpha value is -2.09. The molecule has 124 valence electrons. The van der Waals surface area contributed by atoms with Crippen LogP contribution in [0.15, 0.2) is 11.3 Å². The molecule has 0 aliphatic carbocycles. The largest absolute Gasteiger partial charge is 0.511 e. The average Bonchev–Trinajstić information content (AvgIpc) is 2.36. The van der Waals surface area contributed by atoms with Crippen molar-refractivity contribution in [1.29, 1.82) is 0 Å². The SMILES string of the molecule is CC1(C)OC(=O)C(=C(O)CCCC(=O)NCCCN)C(=O)O1. The lowest BCUT2D eigenvalue weighted by Crippen LogP contribution is -2.42. The number of allylic oxidation sites excluding steroid dienone is 1. The van der Waals surface area contributed by atoms with Gasteiger partial charge in [-0.15, -0.1) is 0 Å². The fraction of sp³-hybridized carbons (Fsp3) is 0.643. The van der Waals surface area contributed by atoms with E-state index in [1.54, 1.807) is 0 Å². The number of aliphatic hydroxyl groups is 1. The molecule has 0 aromatic rings. The van der Waals surface area contributed by atoms with Gasteiger partial charge in [-0.25, -0.2) is 9.59 Å². The Labute approximate surface area is 128 Å². The Morgan fingerprint density at radius 2 is 1.77 bits per heavy atom. The first kappa shape index (κ1) is 18.0. The molecule has 1 heterocycles. The number of carbonyl (C=O) groups excluding carboxylic acids is 3. The number of cyclic esters (lactones) is 2. The van der Waals surface area contributed by atoms with Gasteiger partial charge in [-0.3, -0.25) is 4.79 Å². The zero-order valence-corrected chi connectivity index (χ0v) is 12.8. The summed E-state index contributed by atoms with van der Waals surface area (Å²) < 4.78 is 9.76. The zero-order chi connectivity index (χ0) is 16.8. The number of amides is 1. The molecule has 1 aliphatic heterocycles. The van der Waals surface area contributed by atoms with Crippen molar-refractivity contribution in [3.8, 4) is 0 Å². The third-order valence-corrected chi connectivity index (χ3v) is 2.89. The molecular formula is C14H22N2O6. The predicted molar refractivity (Wildman–Crippen MR) is 76.4 cm³/mol. The van der Waals surface area contributed by atoms with Crippen LogP contribution < -0.4 is 11.1 Å². The van der Waals surface area contributed by atoms with Gasteiger partial charge in [-0.05, 0) is 19.4 Å². The van der Waals surface area contributed by atoms with E-state index in [0.29, 0.717) is 19.5 Å². The average molecular weight is 314 g/mol. The van der Waals surface area contributed by atoms with Crippen LogP contribution in [0.4, 0.5) is 0 Å². The van der Waals surface area contributed by atoms with E-state index in [1.165, 1.54) is 13.8 Å². The van der Waals surface area contributed by atoms with Gasteiger partial charge in [-0.1, -0.05) is 0 Å². The summed E-state index contributed by atoms with van der Waals surface area (Å²) in [7, 11) is 0. The molecular weight excluding hydrogens is 292 g/mol. The third-order valence-electron chi connectivity index (χ3n) is 2.89. The molecule has 1 fully saturated rings. The number of hydrogen-bond donors (Lipinski definition) is 3. The number of nitrogens with one attached hydrogen (secondary N) is 1. The van der Waals surface area contributed by atoms with E-state index in [1.807, 2.05) is 0 Å². The number of hydrogen-bond acceptors (Lipinski definition) is 7. The van der Waals surface area contributed by atoms with Crippen molar-refractivity contribution in [2.45, 2.75) is 45.3 Å². The summed E-state index contributed by atoms with van der Waals surface area (Å²) >= 11 is 0. The van der Waals surface area contributed by atoms with Crippen LogP contribution in [-0.4, -0.2) is 41.8 Å². The summed E-state index contributed by atoms with van der Waals surface area (Å²) in [6.45, 7) is 3.83. The molecule has 0 unspecified atom stereocenters. The van der Waals surface area contributed by atoms with Crippen LogP contribution in [-0.2, 0) is 23.9 Å². The van der Waals surface area contributed by atoms with E-state index in [4.69, 9.17) is 15.2 Å². The van der Waals surface area contributed by atoms with Crippen LogP contribution in [0.25, 0.3) is 0 Å². The fourth-order valence-electron chi connectivity index (χ4n) is 1.85. The van der Waals surface area contributed by atoms with E-state index >= 15 is 0 Å². The predicted octanol–water partition coefficient (Wildman–Crippen LogP) is 0.270. The molecule has 0 spiro atoms. The second-order valence-electron chi connectivity index (χ2n) is 5.35. The second-order valence-corrected chi connectivity index (χ2v) is 5.35. The van der Waals surface area contributed by atoms with Gasteiger partial charge < -0.3 is 25.6 Å². The molecule has 1 amide bonds. The minimum absolute atomic E-state index is 0.00424. The van der Waals surface area contributed by atoms with Gasteiger partial charge in [0.25, 0.3) is 5.79 Å². The Balaban J connectivity index is 2.50. The molecule has 8 nitrogen and oxygen atoms in total. The highest BCUT2D eigenvalue weighted by Crippen LogP contribution is 2.25. The lowest BCUT2D eigenvalue weighted by Gasteiger charge is -2.30. The maximum atomic E-state index is 11.7. The molecule has 0 atom stereocenters. The topological polar surface area (TPSA) is 128 Å². The Kier molecular flexibility index (Phi) is 6.36. The van der Waals surface area contributed by atoms with Gasteiger partial charge in [0.2, 0.25) is 5.91 Å². The zero-order valence-electron chi connectivity index (χ0n) is 12.8. The van der Waals surface area contributed by atoms with E-state index in [2.05, 4.69) is 5.32 Å². The normalized spacial score (nSPS) is 16.8. The van der Waals surface area contributed by atoms with Crippen molar-refractivity contribution >= 4 is 17.8 Å². The van der Waals surface area contributed by atoms with E-state index in [-0.39, 0.29) is 25.2 Å². The number of nitrogens with two attached hydrogens (primary N) is 1. The van der Waals surface area contributed by atoms with Crippen LogP contribution in [0.5, 0.6) is 0 Å². The Bertz CT molecular complexity index is 462. The summed E-state index contributed by atoms with van der Waals surface area (Å²) in [6, 6.07) is 0. The van der Waals surface area contributed by atoms with Gasteiger partial charge in [-0.2, -0.15) is 0 Å². The molecule has 0 bridgehead atoms. The number of carbonyl (C=O) groups is 3. The number of aliphatic hydroxyl groups excluding tert-OH is 1. The molecule has 1 rings (SSSR count). The molecule has 0 saturated carbocycles. The van der Waals surface area contributed by atoms with Crippen molar-refractivity contribution in [1.82, 2.24) is 5.32 Å². The lowest BCUT2D eigenvalue weighted by molar-refractivity contribution is -0.222. The van der Waals surface area contributed by atoms with Crippen molar-refractivity contribution in [2.75, 3.05) is 13.1 Å². The lowest BCUT2D eigenvalue weighted by atomic mass is 10.1.